The fraction of sp³-hybridized carbons (Fsp3) is 0.538. The van der Waals surface area contributed by atoms with Crippen LogP contribution in [0.3, 0.4) is 0 Å². The molecule has 2 saturated heterocycles. The lowest BCUT2D eigenvalue weighted by molar-refractivity contribution is -0.145. The van der Waals surface area contributed by atoms with Gasteiger partial charge in [0.1, 0.15) is 11.6 Å². The number of halogens is 2. The standard InChI is InChI=1S/C26H30F2N4O4/c27-18-9-16(10-19(28)13-18)5-6-24(33)30-7-2-8-31-22(15-30)14-23(29-31)25(34)32-20-3-1-4-21(32)12-17(11-20)26(35)36/h9-10,13-14,17,20-21H,1-8,11-12,15H2,(H,35,36). The Hall–Kier alpha value is -3.30. The highest BCUT2D eigenvalue weighted by atomic mass is 19.1. The Kier molecular flexibility index (Phi) is 6.77. The van der Waals surface area contributed by atoms with Crippen molar-refractivity contribution in [2.24, 2.45) is 5.92 Å². The van der Waals surface area contributed by atoms with Crippen LogP contribution >= 0.6 is 0 Å². The second-order valence-electron chi connectivity index (χ2n) is 10.1. The number of piperidine rings is 2. The number of carbonyl (C=O) groups excluding carboxylic acids is 2. The van der Waals surface area contributed by atoms with Gasteiger partial charge in [-0.05, 0) is 68.7 Å². The number of rotatable bonds is 5. The molecule has 3 aliphatic rings. The van der Waals surface area contributed by atoms with E-state index in [9.17, 15) is 28.3 Å². The summed E-state index contributed by atoms with van der Waals surface area (Å²) in [6.07, 6.45) is 4.59. The van der Waals surface area contributed by atoms with Crippen molar-refractivity contribution < 1.29 is 28.3 Å². The zero-order valence-electron chi connectivity index (χ0n) is 20.0. The Morgan fingerprint density at radius 1 is 0.972 bits per heavy atom. The first-order valence-electron chi connectivity index (χ1n) is 12.6. The Labute approximate surface area is 207 Å². The molecule has 4 heterocycles. The molecule has 2 amide bonds. The molecule has 1 aromatic heterocycles. The van der Waals surface area contributed by atoms with Gasteiger partial charge in [-0.2, -0.15) is 5.10 Å². The molecular formula is C26H30F2N4O4. The second-order valence-corrected chi connectivity index (χ2v) is 10.1. The van der Waals surface area contributed by atoms with Gasteiger partial charge in [0.2, 0.25) is 5.91 Å². The van der Waals surface area contributed by atoms with Crippen molar-refractivity contribution in [3.05, 3.63) is 52.9 Å². The second kappa shape index (κ2) is 9.99. The number of carboxylic acids is 1. The van der Waals surface area contributed by atoms with Crippen LogP contribution in [0.2, 0.25) is 0 Å². The largest absolute Gasteiger partial charge is 0.481 e. The third-order valence-electron chi connectivity index (χ3n) is 7.69. The summed E-state index contributed by atoms with van der Waals surface area (Å²) in [5.41, 5.74) is 1.54. The molecule has 2 unspecified atom stereocenters. The summed E-state index contributed by atoms with van der Waals surface area (Å²) in [6.45, 7) is 1.43. The van der Waals surface area contributed by atoms with Gasteiger partial charge in [-0.15, -0.1) is 0 Å². The molecule has 1 N–H and O–H groups in total. The van der Waals surface area contributed by atoms with Crippen molar-refractivity contribution in [2.75, 3.05) is 6.54 Å². The summed E-state index contributed by atoms with van der Waals surface area (Å²) in [4.78, 5) is 41.5. The summed E-state index contributed by atoms with van der Waals surface area (Å²) in [5, 5.41) is 14.0. The van der Waals surface area contributed by atoms with Gasteiger partial charge in [-0.1, -0.05) is 0 Å². The predicted molar refractivity (Wildman–Crippen MR) is 125 cm³/mol. The van der Waals surface area contributed by atoms with Gasteiger partial charge in [-0.3, -0.25) is 19.1 Å². The SMILES string of the molecule is O=C(O)C1CC2CCCC(C1)N2C(=O)c1cc2n(n1)CCCN(C(=O)CCc1cc(F)cc(F)c1)C2. The number of fused-ring (bicyclic) bond motifs is 3. The molecule has 0 spiro atoms. The van der Waals surface area contributed by atoms with Gasteiger partial charge in [0, 0.05) is 37.7 Å². The number of aryl methyl sites for hydroxylation is 2. The van der Waals surface area contributed by atoms with E-state index in [2.05, 4.69) is 5.10 Å². The van der Waals surface area contributed by atoms with E-state index in [0.29, 0.717) is 50.2 Å². The first-order valence-corrected chi connectivity index (χ1v) is 12.6. The molecule has 3 aliphatic heterocycles. The van der Waals surface area contributed by atoms with Crippen LogP contribution in [0.15, 0.2) is 24.3 Å². The normalized spacial score (nSPS) is 23.7. The van der Waals surface area contributed by atoms with Crippen molar-refractivity contribution in [1.82, 2.24) is 19.6 Å². The maximum atomic E-state index is 13.5. The summed E-state index contributed by atoms with van der Waals surface area (Å²) < 4.78 is 28.7. The Morgan fingerprint density at radius 3 is 2.33 bits per heavy atom. The molecule has 10 heteroatoms. The molecule has 1 aromatic carbocycles. The Bertz CT molecular complexity index is 1150. The van der Waals surface area contributed by atoms with Crippen LogP contribution in [0.1, 0.15) is 66.7 Å². The highest BCUT2D eigenvalue weighted by molar-refractivity contribution is 5.93. The highest BCUT2D eigenvalue weighted by Crippen LogP contribution is 2.38. The number of amides is 2. The van der Waals surface area contributed by atoms with Crippen molar-refractivity contribution in [1.29, 1.82) is 0 Å². The zero-order valence-corrected chi connectivity index (χ0v) is 20.0. The van der Waals surface area contributed by atoms with Gasteiger partial charge in [0.05, 0.1) is 18.2 Å². The maximum absolute atomic E-state index is 13.5. The van der Waals surface area contributed by atoms with Gasteiger partial charge >= 0.3 is 5.97 Å². The van der Waals surface area contributed by atoms with Crippen molar-refractivity contribution in [3.8, 4) is 0 Å². The molecule has 2 atom stereocenters. The fourth-order valence-electron chi connectivity index (χ4n) is 5.99. The topological polar surface area (TPSA) is 95.7 Å². The average molecular weight is 501 g/mol. The lowest BCUT2D eigenvalue weighted by Gasteiger charge is -2.47. The van der Waals surface area contributed by atoms with Gasteiger partial charge in [-0.25, -0.2) is 8.78 Å². The van der Waals surface area contributed by atoms with E-state index < -0.39 is 23.5 Å². The molecular weight excluding hydrogens is 470 g/mol. The minimum Gasteiger partial charge on any atom is -0.481 e. The molecule has 5 rings (SSSR count). The van der Waals surface area contributed by atoms with Crippen LogP contribution in [0.5, 0.6) is 0 Å². The smallest absolute Gasteiger partial charge is 0.306 e. The molecule has 2 fully saturated rings. The van der Waals surface area contributed by atoms with E-state index >= 15 is 0 Å². The van der Waals surface area contributed by atoms with Gasteiger partial charge in [0.25, 0.3) is 5.91 Å². The predicted octanol–water partition coefficient (Wildman–Crippen LogP) is 3.38. The highest BCUT2D eigenvalue weighted by Gasteiger charge is 2.43. The number of nitrogens with zero attached hydrogens (tertiary/aromatic N) is 4. The number of hydrogen-bond acceptors (Lipinski definition) is 4. The zero-order chi connectivity index (χ0) is 25.4. The number of benzene rings is 1. The first kappa shape index (κ1) is 24.4. The van der Waals surface area contributed by atoms with E-state index in [1.54, 1.807) is 15.6 Å². The summed E-state index contributed by atoms with van der Waals surface area (Å²) >= 11 is 0. The van der Waals surface area contributed by atoms with Crippen LogP contribution in [-0.4, -0.2) is 61.1 Å². The van der Waals surface area contributed by atoms with E-state index in [1.165, 1.54) is 12.1 Å². The first-order chi connectivity index (χ1) is 17.3. The van der Waals surface area contributed by atoms with Crippen LogP contribution in [0.4, 0.5) is 8.78 Å². The Morgan fingerprint density at radius 2 is 1.67 bits per heavy atom. The number of aliphatic carboxylic acids is 1. The third kappa shape index (κ3) is 4.99. The Balaban J connectivity index is 1.26. The van der Waals surface area contributed by atoms with Crippen LogP contribution in [0, 0.1) is 17.6 Å². The molecule has 36 heavy (non-hydrogen) atoms. The van der Waals surface area contributed by atoms with Crippen molar-refractivity contribution >= 4 is 17.8 Å². The van der Waals surface area contributed by atoms with Crippen LogP contribution < -0.4 is 0 Å². The van der Waals surface area contributed by atoms with Crippen molar-refractivity contribution in [3.63, 3.8) is 0 Å². The van der Waals surface area contributed by atoms with E-state index in [0.717, 1.165) is 31.0 Å². The molecule has 2 bridgehead atoms. The lowest BCUT2D eigenvalue weighted by atomic mass is 9.78. The number of aromatic nitrogens is 2. The summed E-state index contributed by atoms with van der Waals surface area (Å²) in [7, 11) is 0. The van der Waals surface area contributed by atoms with Crippen LogP contribution in [-0.2, 0) is 29.1 Å². The molecule has 8 nitrogen and oxygen atoms in total. The van der Waals surface area contributed by atoms with E-state index in [4.69, 9.17) is 0 Å². The maximum Gasteiger partial charge on any atom is 0.306 e. The fourth-order valence-corrected chi connectivity index (χ4v) is 5.99. The van der Waals surface area contributed by atoms with Gasteiger partial charge in [0.15, 0.2) is 5.69 Å². The molecule has 0 radical (unpaired) electrons. The number of carbonyl (C=O) groups is 3. The third-order valence-corrected chi connectivity index (χ3v) is 7.69. The quantitative estimate of drug-likeness (QED) is 0.679. The van der Waals surface area contributed by atoms with Gasteiger partial charge < -0.3 is 14.9 Å². The molecule has 0 saturated carbocycles. The van der Waals surface area contributed by atoms with Crippen molar-refractivity contribution in [2.45, 2.75) is 76.5 Å². The monoisotopic (exact) mass is 500 g/mol. The number of carboxylic acid groups (broad SMARTS) is 1. The lowest BCUT2D eigenvalue weighted by Crippen LogP contribution is -2.55. The van der Waals surface area contributed by atoms with E-state index in [1.807, 2.05) is 4.90 Å². The molecule has 192 valence electrons. The molecule has 0 aliphatic carbocycles. The minimum absolute atomic E-state index is 0.0849. The minimum atomic E-state index is -0.792. The molecule has 2 aromatic rings. The van der Waals surface area contributed by atoms with Crippen LogP contribution in [0.25, 0.3) is 0 Å². The number of hydrogen-bond donors (Lipinski definition) is 1. The summed E-state index contributed by atoms with van der Waals surface area (Å²) in [6, 6.07) is 4.86. The van der Waals surface area contributed by atoms with E-state index in [-0.39, 0.29) is 36.7 Å². The average Bonchev–Trinajstić information content (AvgIpc) is 3.11. The summed E-state index contributed by atoms with van der Waals surface area (Å²) in [5.74, 6) is -2.81.